The molecule has 0 aromatic heterocycles. The van der Waals surface area contributed by atoms with Crippen LogP contribution in [0, 0.1) is 5.41 Å². The number of amidine groups is 1. The van der Waals surface area contributed by atoms with E-state index < -0.39 is 0 Å². The highest BCUT2D eigenvalue weighted by Crippen LogP contribution is 2.05. The van der Waals surface area contributed by atoms with Crippen molar-refractivity contribution in [1.82, 2.24) is 4.90 Å². The Balaban J connectivity index is 3.08. The van der Waals surface area contributed by atoms with Crippen molar-refractivity contribution in [3.63, 3.8) is 0 Å². The van der Waals surface area contributed by atoms with Crippen molar-refractivity contribution in [1.29, 1.82) is 5.41 Å². The van der Waals surface area contributed by atoms with Gasteiger partial charge in [0.15, 0.2) is 5.84 Å². The molecule has 0 aliphatic heterocycles. The first-order valence-corrected chi connectivity index (χ1v) is 5.36. The topological polar surface area (TPSA) is 65.5 Å². The molecule has 0 amide bonds. The summed E-state index contributed by atoms with van der Waals surface area (Å²) in [7, 11) is 1.80. The average Bonchev–Trinajstić information content (AvgIpc) is 2.35. The molecular formula is C13H18N4. The van der Waals surface area contributed by atoms with Gasteiger partial charge in [-0.05, 0) is 6.92 Å². The highest BCUT2D eigenvalue weighted by atomic mass is 15.2. The molecule has 0 heterocycles. The van der Waals surface area contributed by atoms with Crippen LogP contribution in [0.2, 0.25) is 0 Å². The van der Waals surface area contributed by atoms with Crippen LogP contribution in [0.1, 0.15) is 12.5 Å². The third-order valence-corrected chi connectivity index (χ3v) is 2.22. The molecule has 1 aromatic rings. The Kier molecular flexibility index (Phi) is 4.60. The molecule has 1 aromatic carbocycles. The number of allylic oxidation sites excluding steroid dienone is 1. The van der Waals surface area contributed by atoms with Crippen LogP contribution in [-0.4, -0.2) is 30.2 Å². The molecule has 0 atom stereocenters. The van der Waals surface area contributed by atoms with Crippen molar-refractivity contribution < 1.29 is 0 Å². The van der Waals surface area contributed by atoms with Crippen molar-refractivity contribution in [2.75, 3.05) is 13.7 Å². The summed E-state index contributed by atoms with van der Waals surface area (Å²) in [6.45, 7) is 5.84. The SMILES string of the molecule is C=C(C)N=C(C(=N)c1ccccc1)N(C)CN. The minimum absolute atomic E-state index is 0.307. The average molecular weight is 230 g/mol. The van der Waals surface area contributed by atoms with Crippen molar-refractivity contribution in [3.8, 4) is 0 Å². The molecule has 0 aliphatic rings. The molecule has 3 N–H and O–H groups in total. The number of rotatable bonds is 4. The van der Waals surface area contributed by atoms with Crippen LogP contribution in [0.25, 0.3) is 0 Å². The number of nitrogens with two attached hydrogens (primary N) is 1. The van der Waals surface area contributed by atoms with Gasteiger partial charge in [0.1, 0.15) is 5.71 Å². The number of nitrogens with zero attached hydrogens (tertiary/aromatic N) is 2. The fourth-order valence-electron chi connectivity index (χ4n) is 1.33. The smallest absolute Gasteiger partial charge is 0.155 e. The molecule has 4 nitrogen and oxygen atoms in total. The number of hydrogen-bond acceptors (Lipinski definition) is 3. The first kappa shape index (κ1) is 13.1. The summed E-state index contributed by atoms with van der Waals surface area (Å²) >= 11 is 0. The third-order valence-electron chi connectivity index (χ3n) is 2.22. The van der Waals surface area contributed by atoms with Crippen LogP contribution >= 0.6 is 0 Å². The van der Waals surface area contributed by atoms with Crippen LogP contribution in [0.4, 0.5) is 0 Å². The van der Waals surface area contributed by atoms with Gasteiger partial charge in [0.2, 0.25) is 0 Å². The molecule has 4 heteroatoms. The number of nitrogens with one attached hydrogen (secondary N) is 1. The highest BCUT2D eigenvalue weighted by molar-refractivity contribution is 6.46. The van der Waals surface area contributed by atoms with Gasteiger partial charge in [-0.15, -0.1) is 0 Å². The number of benzene rings is 1. The molecule has 17 heavy (non-hydrogen) atoms. The summed E-state index contributed by atoms with van der Waals surface area (Å²) < 4.78 is 0. The van der Waals surface area contributed by atoms with Gasteiger partial charge < -0.3 is 10.6 Å². The van der Waals surface area contributed by atoms with Gasteiger partial charge >= 0.3 is 0 Å². The summed E-state index contributed by atoms with van der Waals surface area (Å²) in [4.78, 5) is 5.99. The molecule has 0 saturated heterocycles. The van der Waals surface area contributed by atoms with Gasteiger partial charge in [0, 0.05) is 18.3 Å². The monoisotopic (exact) mass is 230 g/mol. The minimum atomic E-state index is 0.307. The fourth-order valence-corrected chi connectivity index (χ4v) is 1.33. The zero-order valence-corrected chi connectivity index (χ0v) is 10.3. The maximum Gasteiger partial charge on any atom is 0.155 e. The predicted octanol–water partition coefficient (Wildman–Crippen LogP) is 1.83. The van der Waals surface area contributed by atoms with Crippen molar-refractivity contribution in [2.24, 2.45) is 10.7 Å². The summed E-state index contributed by atoms with van der Waals surface area (Å²) in [5.74, 6) is 0.534. The Bertz CT molecular complexity index is 434. The Labute approximate surface area is 102 Å². The van der Waals surface area contributed by atoms with Crippen LogP contribution in [0.3, 0.4) is 0 Å². The summed E-state index contributed by atoms with van der Waals surface area (Å²) in [6, 6.07) is 9.45. The van der Waals surface area contributed by atoms with Crippen molar-refractivity contribution in [2.45, 2.75) is 6.92 Å². The third kappa shape index (κ3) is 3.53. The van der Waals surface area contributed by atoms with E-state index in [1.165, 1.54) is 0 Å². The largest absolute Gasteiger partial charge is 0.345 e. The lowest BCUT2D eigenvalue weighted by molar-refractivity contribution is 0.527. The second-order valence-electron chi connectivity index (χ2n) is 3.79. The summed E-state index contributed by atoms with van der Waals surface area (Å²) in [5.41, 5.74) is 7.40. The molecule has 0 radical (unpaired) electrons. The molecule has 1 rings (SSSR count). The first-order chi connectivity index (χ1) is 8.06. The highest BCUT2D eigenvalue weighted by Gasteiger charge is 2.13. The van der Waals surface area contributed by atoms with Gasteiger partial charge in [-0.1, -0.05) is 36.9 Å². The van der Waals surface area contributed by atoms with Crippen LogP contribution in [0.5, 0.6) is 0 Å². The van der Waals surface area contributed by atoms with Crippen LogP contribution < -0.4 is 5.73 Å². The fraction of sp³-hybridized carbons (Fsp3) is 0.231. The molecule has 0 unspecified atom stereocenters. The molecular weight excluding hydrogens is 212 g/mol. The van der Waals surface area contributed by atoms with Crippen LogP contribution in [-0.2, 0) is 0 Å². The molecule has 90 valence electrons. The van der Waals surface area contributed by atoms with Crippen molar-refractivity contribution >= 4 is 11.5 Å². The Hall–Kier alpha value is -1.94. The van der Waals surface area contributed by atoms with Gasteiger partial charge in [-0.25, -0.2) is 4.99 Å². The quantitative estimate of drug-likeness (QED) is 0.471. The maximum absolute atomic E-state index is 8.14. The molecule has 0 aliphatic carbocycles. The van der Waals surface area contributed by atoms with E-state index in [0.717, 1.165) is 5.56 Å². The number of hydrogen-bond donors (Lipinski definition) is 2. The lowest BCUT2D eigenvalue weighted by atomic mass is 10.1. The number of aliphatic imine (C=N–C) groups is 1. The van der Waals surface area contributed by atoms with E-state index in [2.05, 4.69) is 11.6 Å². The predicted molar refractivity (Wildman–Crippen MR) is 72.3 cm³/mol. The Morgan fingerprint density at radius 3 is 2.47 bits per heavy atom. The normalized spacial score (nSPS) is 11.1. The first-order valence-electron chi connectivity index (χ1n) is 5.36. The van der Waals surface area contributed by atoms with E-state index in [1.54, 1.807) is 18.9 Å². The molecule has 0 fully saturated rings. The van der Waals surface area contributed by atoms with E-state index in [4.69, 9.17) is 11.1 Å². The van der Waals surface area contributed by atoms with Gasteiger partial charge in [-0.2, -0.15) is 0 Å². The molecule has 0 spiro atoms. The van der Waals surface area contributed by atoms with E-state index in [9.17, 15) is 0 Å². The minimum Gasteiger partial charge on any atom is -0.345 e. The van der Waals surface area contributed by atoms with Crippen molar-refractivity contribution in [3.05, 3.63) is 48.2 Å². The van der Waals surface area contributed by atoms with Gasteiger partial charge in [0.05, 0.1) is 6.67 Å². The summed E-state index contributed by atoms with van der Waals surface area (Å²) in [5, 5.41) is 8.14. The standard InChI is InChI=1S/C13H18N4/c1-10(2)16-13(17(3)9-14)12(15)11-7-5-4-6-8-11/h4-8,15H,1,9,14H2,2-3H3. The zero-order chi connectivity index (χ0) is 12.8. The Morgan fingerprint density at radius 1 is 1.41 bits per heavy atom. The lowest BCUT2D eigenvalue weighted by Gasteiger charge is -2.20. The van der Waals surface area contributed by atoms with Gasteiger partial charge in [-0.3, -0.25) is 5.41 Å². The Morgan fingerprint density at radius 2 is 2.00 bits per heavy atom. The maximum atomic E-state index is 8.14. The molecule has 0 bridgehead atoms. The van der Waals surface area contributed by atoms with E-state index in [0.29, 0.717) is 23.9 Å². The summed E-state index contributed by atoms with van der Waals surface area (Å²) in [6.07, 6.45) is 0. The van der Waals surface area contributed by atoms with E-state index in [1.807, 2.05) is 30.3 Å². The second-order valence-corrected chi connectivity index (χ2v) is 3.79. The zero-order valence-electron chi connectivity index (χ0n) is 10.3. The second kappa shape index (κ2) is 5.96. The van der Waals surface area contributed by atoms with E-state index in [-0.39, 0.29) is 0 Å². The van der Waals surface area contributed by atoms with Crippen LogP contribution in [0.15, 0.2) is 47.6 Å². The molecule has 0 saturated carbocycles. The van der Waals surface area contributed by atoms with Gasteiger partial charge in [0.25, 0.3) is 0 Å². The van der Waals surface area contributed by atoms with E-state index >= 15 is 0 Å². The lowest BCUT2D eigenvalue weighted by Crippen LogP contribution is -2.37. The number of likely N-dealkylation sites (N-methyl/N-ethyl adjacent to an activating group) is 1.